The molecule has 4 N–H and O–H groups in total. The molecule has 2 atom stereocenters. The highest BCUT2D eigenvalue weighted by Crippen LogP contribution is 2.34. The maximum Gasteiger partial charge on any atom is 0.220 e. The molecule has 1 saturated heterocycles. The predicted octanol–water partition coefficient (Wildman–Crippen LogP) is 7.33. The molecule has 0 aromatic carbocycles. The van der Waals surface area contributed by atoms with Crippen LogP contribution in [0.5, 0.6) is 0 Å². The lowest BCUT2D eigenvalue weighted by atomic mass is 10.1. The molecule has 1 aliphatic heterocycles. The van der Waals surface area contributed by atoms with E-state index in [1.165, 1.54) is 6.92 Å². The van der Waals surface area contributed by atoms with E-state index in [2.05, 4.69) is 21.9 Å². The van der Waals surface area contributed by atoms with Gasteiger partial charge >= 0.3 is 0 Å². The van der Waals surface area contributed by atoms with E-state index in [4.69, 9.17) is 11.1 Å². The van der Waals surface area contributed by atoms with Crippen molar-refractivity contribution in [1.82, 2.24) is 19.9 Å². The fraction of sp³-hybridized carbons (Fsp3) is 0.630. The number of hydrogen-bond donors (Lipinski definition) is 3. The van der Waals surface area contributed by atoms with Crippen molar-refractivity contribution in [1.29, 1.82) is 5.41 Å². The minimum absolute atomic E-state index is 0. The first kappa shape index (κ1) is 41.5. The van der Waals surface area contributed by atoms with E-state index in [1.807, 2.05) is 78.5 Å². The van der Waals surface area contributed by atoms with E-state index in [0.29, 0.717) is 5.92 Å². The Hall–Kier alpha value is -2.70. The summed E-state index contributed by atoms with van der Waals surface area (Å²) in [7, 11) is 0. The zero-order chi connectivity index (χ0) is 25.7. The standard InChI is InChI=1S/C12H19N3O.C5H5N.C2H6N2.3C2H6.2CH4/c1-7-5-11(15(6-7)10(4)16)12-13-8(2)9(3)14-12;1-2-4-6-5-3-1;1-2(3)4;3*1-2;;/h7,11H,5-6H2,1-4H3,(H,13,14);1-5H;1H3,(H3,3,4);3*1-2H3;2*1H4. The van der Waals surface area contributed by atoms with Gasteiger partial charge in [0.15, 0.2) is 0 Å². The van der Waals surface area contributed by atoms with Crippen LogP contribution in [0.2, 0.25) is 0 Å². The van der Waals surface area contributed by atoms with Crippen molar-refractivity contribution in [2.45, 2.75) is 103 Å². The lowest BCUT2D eigenvalue weighted by Crippen LogP contribution is -2.29. The molecule has 1 fully saturated rings. The van der Waals surface area contributed by atoms with Crippen LogP contribution < -0.4 is 5.73 Å². The second kappa shape index (κ2) is 26.6. The molecule has 34 heavy (non-hydrogen) atoms. The largest absolute Gasteiger partial charge is 0.388 e. The number of rotatable bonds is 1. The van der Waals surface area contributed by atoms with Crippen LogP contribution in [-0.2, 0) is 4.79 Å². The van der Waals surface area contributed by atoms with Gasteiger partial charge in [0, 0.05) is 31.6 Å². The Morgan fingerprint density at radius 1 is 1.03 bits per heavy atom. The number of nitrogens with one attached hydrogen (secondary N) is 2. The highest BCUT2D eigenvalue weighted by atomic mass is 16.2. The topological polar surface area (TPSA) is 112 Å². The molecule has 0 saturated carbocycles. The zero-order valence-electron chi connectivity index (χ0n) is 22.3. The summed E-state index contributed by atoms with van der Waals surface area (Å²) in [5, 5.41) is 6.28. The Morgan fingerprint density at radius 3 is 1.74 bits per heavy atom. The number of aryl methyl sites for hydroxylation is 2. The minimum atomic E-state index is 0. The Balaban J connectivity index is -0.000000131. The molecule has 2 aromatic rings. The Bertz CT molecular complexity index is 650. The number of carbonyl (C=O) groups excluding carboxylic acids is 1. The van der Waals surface area contributed by atoms with Gasteiger partial charge in [-0.1, -0.05) is 69.4 Å². The van der Waals surface area contributed by atoms with Gasteiger partial charge in [-0.15, -0.1) is 0 Å². The van der Waals surface area contributed by atoms with Gasteiger partial charge in [-0.2, -0.15) is 0 Å². The predicted molar refractivity (Wildman–Crippen MR) is 151 cm³/mol. The van der Waals surface area contributed by atoms with Gasteiger partial charge in [-0.25, -0.2) is 4.98 Å². The molecule has 200 valence electrons. The monoisotopic (exact) mass is 480 g/mol. The van der Waals surface area contributed by atoms with E-state index in [-0.39, 0.29) is 32.6 Å². The molecule has 2 aromatic heterocycles. The number of nitrogens with zero attached hydrogens (tertiary/aromatic N) is 3. The van der Waals surface area contributed by atoms with Gasteiger partial charge in [-0.3, -0.25) is 15.2 Å². The number of amides is 1. The lowest BCUT2D eigenvalue weighted by Gasteiger charge is -2.21. The van der Waals surface area contributed by atoms with Crippen molar-refractivity contribution in [3.05, 3.63) is 47.8 Å². The molecule has 3 rings (SSSR count). The third-order valence-corrected chi connectivity index (χ3v) is 3.94. The summed E-state index contributed by atoms with van der Waals surface area (Å²) in [4.78, 5) is 25.1. The van der Waals surface area contributed by atoms with Crippen LogP contribution in [-0.4, -0.2) is 38.1 Å². The van der Waals surface area contributed by atoms with E-state index >= 15 is 0 Å². The Kier molecular flexibility index (Phi) is 32.4. The number of hydrogen-bond acceptors (Lipinski definition) is 4. The highest BCUT2D eigenvalue weighted by molar-refractivity contribution is 5.74. The Morgan fingerprint density at radius 2 is 1.47 bits per heavy atom. The number of aromatic amines is 1. The first-order valence-electron chi connectivity index (χ1n) is 11.7. The fourth-order valence-corrected chi connectivity index (χ4v) is 2.70. The van der Waals surface area contributed by atoms with Gasteiger partial charge < -0.3 is 15.6 Å². The smallest absolute Gasteiger partial charge is 0.220 e. The summed E-state index contributed by atoms with van der Waals surface area (Å²) in [5.41, 5.74) is 6.82. The zero-order valence-corrected chi connectivity index (χ0v) is 22.3. The normalized spacial score (nSPS) is 14.5. The van der Waals surface area contributed by atoms with Crippen molar-refractivity contribution in [2.75, 3.05) is 6.54 Å². The number of aromatic nitrogens is 3. The first-order chi connectivity index (χ1) is 15.2. The number of nitrogens with two attached hydrogens (primary N) is 1. The van der Waals surface area contributed by atoms with Gasteiger partial charge in [-0.05, 0) is 45.2 Å². The summed E-state index contributed by atoms with van der Waals surface area (Å²) in [6.07, 6.45) is 4.51. The minimum Gasteiger partial charge on any atom is -0.388 e. The molecule has 0 spiro atoms. The molecular weight excluding hydrogens is 424 g/mol. The molecule has 1 amide bonds. The van der Waals surface area contributed by atoms with Crippen LogP contribution in [0, 0.1) is 25.2 Å². The summed E-state index contributed by atoms with van der Waals surface area (Å²) in [5.74, 6) is 1.80. The van der Waals surface area contributed by atoms with Gasteiger partial charge in [0.25, 0.3) is 0 Å². The lowest BCUT2D eigenvalue weighted by molar-refractivity contribution is -0.130. The molecule has 0 radical (unpaired) electrons. The number of H-pyrrole nitrogens is 1. The quantitative estimate of drug-likeness (QED) is 0.293. The summed E-state index contributed by atoms with van der Waals surface area (Å²) < 4.78 is 0. The third kappa shape index (κ3) is 18.8. The van der Waals surface area contributed by atoms with Crippen molar-refractivity contribution in [3.63, 3.8) is 0 Å². The van der Waals surface area contributed by atoms with Crippen LogP contribution in [0.4, 0.5) is 0 Å². The van der Waals surface area contributed by atoms with Crippen molar-refractivity contribution < 1.29 is 4.79 Å². The van der Waals surface area contributed by atoms with Gasteiger partial charge in [0.1, 0.15) is 5.82 Å². The maximum absolute atomic E-state index is 11.6. The molecule has 2 unspecified atom stereocenters. The average molecular weight is 481 g/mol. The molecule has 7 heteroatoms. The molecule has 1 aliphatic rings. The van der Waals surface area contributed by atoms with Crippen molar-refractivity contribution >= 4 is 11.7 Å². The number of amidine groups is 1. The van der Waals surface area contributed by atoms with Crippen LogP contribution in [0.1, 0.15) is 107 Å². The summed E-state index contributed by atoms with van der Waals surface area (Å²) >= 11 is 0. The molecule has 0 bridgehead atoms. The van der Waals surface area contributed by atoms with Crippen molar-refractivity contribution in [3.8, 4) is 0 Å². The van der Waals surface area contributed by atoms with E-state index in [1.54, 1.807) is 19.3 Å². The third-order valence-electron chi connectivity index (χ3n) is 3.94. The average Bonchev–Trinajstić information content (AvgIpc) is 3.36. The maximum atomic E-state index is 11.6. The number of pyridine rings is 1. The first-order valence-corrected chi connectivity index (χ1v) is 11.7. The second-order valence-corrected chi connectivity index (χ2v) is 6.57. The number of imidazole rings is 1. The SMILES string of the molecule is C.C.CC.CC.CC.CC(=N)N.CC(=O)N1CC(C)CC1c1nc(C)c(C)[nH]1.c1ccncc1. The summed E-state index contributed by atoms with van der Waals surface area (Å²) in [6, 6.07) is 5.85. The fourth-order valence-electron chi connectivity index (χ4n) is 2.70. The van der Waals surface area contributed by atoms with E-state index in [9.17, 15) is 4.79 Å². The van der Waals surface area contributed by atoms with E-state index < -0.39 is 0 Å². The number of carbonyl (C=O) groups is 1. The molecule has 0 aliphatic carbocycles. The molecular formula is C27H56N6O. The second-order valence-electron chi connectivity index (χ2n) is 6.57. The van der Waals surface area contributed by atoms with Crippen LogP contribution in [0.25, 0.3) is 0 Å². The molecule has 7 nitrogen and oxygen atoms in total. The van der Waals surface area contributed by atoms with Gasteiger partial charge in [0.05, 0.1) is 17.6 Å². The van der Waals surface area contributed by atoms with Crippen LogP contribution in [0.15, 0.2) is 30.6 Å². The highest BCUT2D eigenvalue weighted by Gasteiger charge is 2.34. The number of likely N-dealkylation sites (tertiary alicyclic amines) is 1. The van der Waals surface area contributed by atoms with Crippen LogP contribution in [0.3, 0.4) is 0 Å². The van der Waals surface area contributed by atoms with Gasteiger partial charge in [0.2, 0.25) is 5.91 Å². The Labute approximate surface area is 211 Å². The van der Waals surface area contributed by atoms with E-state index in [0.717, 1.165) is 30.2 Å². The van der Waals surface area contributed by atoms with Crippen LogP contribution >= 0.6 is 0 Å². The molecule has 3 heterocycles. The van der Waals surface area contributed by atoms with Crippen molar-refractivity contribution in [2.24, 2.45) is 11.7 Å². The summed E-state index contributed by atoms with van der Waals surface area (Å²) in [6.45, 7) is 22.2.